The molecule has 0 unspecified atom stereocenters. The Kier molecular flexibility index (Phi) is 5.60. The van der Waals surface area contributed by atoms with Crippen LogP contribution in [0.4, 0.5) is 10.1 Å². The lowest BCUT2D eigenvalue weighted by molar-refractivity contribution is 0.300. The van der Waals surface area contributed by atoms with Gasteiger partial charge < -0.3 is 4.74 Å². The number of nitrogens with one attached hydrogen (secondary N) is 2. The Morgan fingerprint density at radius 3 is 2.77 bits per heavy atom. The van der Waals surface area contributed by atoms with Crippen molar-refractivity contribution in [2.75, 3.05) is 5.43 Å². The second-order valence-corrected chi connectivity index (χ2v) is 5.62. The van der Waals surface area contributed by atoms with Crippen LogP contribution in [0.15, 0.2) is 64.6 Å². The average Bonchev–Trinajstić information content (AvgIpc) is 2.65. The van der Waals surface area contributed by atoms with Crippen molar-refractivity contribution in [1.29, 1.82) is 0 Å². The van der Waals surface area contributed by atoms with E-state index >= 15 is 0 Å². The highest BCUT2D eigenvalue weighted by atomic mass is 35.5. The molecule has 0 aliphatic heterocycles. The maximum absolute atomic E-state index is 13.5. The maximum atomic E-state index is 13.5. The summed E-state index contributed by atoms with van der Waals surface area (Å²) in [5.74, 6) is 0.315. The molecule has 0 saturated heterocycles. The Bertz CT molecular complexity index is 973. The normalized spacial score (nSPS) is 10.8. The van der Waals surface area contributed by atoms with E-state index in [1.165, 1.54) is 12.3 Å². The van der Waals surface area contributed by atoms with Crippen LogP contribution in [0.1, 0.15) is 11.1 Å². The summed E-state index contributed by atoms with van der Waals surface area (Å²) in [5.41, 5.74) is 3.74. The van der Waals surface area contributed by atoms with Gasteiger partial charge in [0, 0.05) is 5.56 Å². The van der Waals surface area contributed by atoms with Gasteiger partial charge in [-0.05, 0) is 35.9 Å². The molecule has 0 amide bonds. The highest BCUT2D eigenvalue weighted by Gasteiger charge is 2.03. The number of benzene rings is 2. The van der Waals surface area contributed by atoms with E-state index in [0.29, 0.717) is 17.0 Å². The molecular weight excluding hydrogens is 359 g/mol. The quantitative estimate of drug-likeness (QED) is 0.512. The number of nitrogens with zero attached hydrogens (tertiary/aromatic N) is 2. The molecule has 0 aliphatic carbocycles. The van der Waals surface area contributed by atoms with E-state index in [1.807, 2.05) is 0 Å². The molecule has 1 heterocycles. The van der Waals surface area contributed by atoms with Crippen molar-refractivity contribution in [2.45, 2.75) is 6.61 Å². The third-order valence-corrected chi connectivity index (χ3v) is 3.80. The predicted octanol–water partition coefficient (Wildman–Crippen LogP) is 3.59. The standard InChI is InChI=1S/C18H14ClFN4O2/c19-17-16(10-22-24-18(17)25)23-21-9-12-5-7-14(8-6-12)26-11-13-3-1-2-4-15(13)20/h1-10H,11H2,(H2,23,24,25)/b21-9+. The first-order chi connectivity index (χ1) is 12.6. The molecule has 0 radical (unpaired) electrons. The Hall–Kier alpha value is -3.19. The fourth-order valence-electron chi connectivity index (χ4n) is 2.06. The lowest BCUT2D eigenvalue weighted by atomic mass is 10.2. The van der Waals surface area contributed by atoms with E-state index in [0.717, 1.165) is 5.56 Å². The second kappa shape index (κ2) is 8.26. The summed E-state index contributed by atoms with van der Waals surface area (Å²) >= 11 is 5.83. The molecule has 3 aromatic rings. The Labute approximate surface area is 153 Å². The van der Waals surface area contributed by atoms with Gasteiger partial charge in [0.2, 0.25) is 0 Å². The summed E-state index contributed by atoms with van der Waals surface area (Å²) in [7, 11) is 0. The highest BCUT2D eigenvalue weighted by molar-refractivity contribution is 6.32. The number of H-pyrrole nitrogens is 1. The molecular formula is C18H14ClFN4O2. The molecule has 0 saturated carbocycles. The van der Waals surface area contributed by atoms with E-state index < -0.39 is 5.56 Å². The zero-order chi connectivity index (χ0) is 18.4. The number of aromatic amines is 1. The smallest absolute Gasteiger partial charge is 0.285 e. The zero-order valence-corrected chi connectivity index (χ0v) is 14.2. The third kappa shape index (κ3) is 4.46. The van der Waals surface area contributed by atoms with Gasteiger partial charge in [-0.3, -0.25) is 10.2 Å². The van der Waals surface area contributed by atoms with Crippen LogP contribution < -0.4 is 15.7 Å². The van der Waals surface area contributed by atoms with Crippen molar-refractivity contribution in [1.82, 2.24) is 10.2 Å². The van der Waals surface area contributed by atoms with Crippen LogP contribution in [-0.4, -0.2) is 16.4 Å². The van der Waals surface area contributed by atoms with Crippen molar-refractivity contribution in [2.24, 2.45) is 5.10 Å². The lowest BCUT2D eigenvalue weighted by Crippen LogP contribution is -2.10. The van der Waals surface area contributed by atoms with Crippen molar-refractivity contribution < 1.29 is 9.13 Å². The van der Waals surface area contributed by atoms with Gasteiger partial charge in [-0.25, -0.2) is 9.49 Å². The van der Waals surface area contributed by atoms with E-state index in [4.69, 9.17) is 16.3 Å². The molecule has 2 aromatic carbocycles. The number of aromatic nitrogens is 2. The Balaban J connectivity index is 1.58. The molecule has 0 bridgehead atoms. The number of ether oxygens (including phenoxy) is 1. The third-order valence-electron chi connectivity index (χ3n) is 3.43. The van der Waals surface area contributed by atoms with E-state index in [9.17, 15) is 9.18 Å². The van der Waals surface area contributed by atoms with Gasteiger partial charge in [-0.2, -0.15) is 10.2 Å². The largest absolute Gasteiger partial charge is 0.489 e. The van der Waals surface area contributed by atoms with Crippen molar-refractivity contribution >= 4 is 23.5 Å². The summed E-state index contributed by atoms with van der Waals surface area (Å²) in [4.78, 5) is 11.3. The fraction of sp³-hybridized carbons (Fsp3) is 0.0556. The molecule has 26 heavy (non-hydrogen) atoms. The molecule has 3 rings (SSSR count). The Morgan fingerprint density at radius 1 is 1.23 bits per heavy atom. The minimum Gasteiger partial charge on any atom is -0.489 e. The summed E-state index contributed by atoms with van der Waals surface area (Å²) < 4.78 is 19.1. The SMILES string of the molecule is O=c1[nH]ncc(N/N=C/c2ccc(OCc3ccccc3F)cc2)c1Cl. The average molecular weight is 373 g/mol. The van der Waals surface area contributed by atoms with Gasteiger partial charge in [0.15, 0.2) is 0 Å². The number of hydrogen-bond acceptors (Lipinski definition) is 5. The van der Waals surface area contributed by atoms with Gasteiger partial charge in [0.05, 0.1) is 12.4 Å². The second-order valence-electron chi connectivity index (χ2n) is 5.25. The molecule has 0 fully saturated rings. The summed E-state index contributed by atoms with van der Waals surface area (Å²) in [6.45, 7) is 0.149. The molecule has 0 aliphatic rings. The first-order valence-electron chi connectivity index (χ1n) is 7.62. The summed E-state index contributed by atoms with van der Waals surface area (Å²) in [5, 5.41) is 9.83. The first-order valence-corrected chi connectivity index (χ1v) is 8.00. The molecule has 1 aromatic heterocycles. The van der Waals surface area contributed by atoms with Crippen LogP contribution in [0.5, 0.6) is 5.75 Å². The van der Waals surface area contributed by atoms with E-state index in [-0.39, 0.29) is 17.4 Å². The van der Waals surface area contributed by atoms with Crippen molar-refractivity contribution in [3.63, 3.8) is 0 Å². The minimum atomic E-state index is -0.497. The predicted molar refractivity (Wildman–Crippen MR) is 98.3 cm³/mol. The van der Waals surface area contributed by atoms with Crippen LogP contribution in [-0.2, 0) is 6.61 Å². The van der Waals surface area contributed by atoms with Crippen LogP contribution >= 0.6 is 11.6 Å². The first kappa shape index (κ1) is 17.6. The molecule has 0 spiro atoms. The van der Waals surface area contributed by atoms with Crippen LogP contribution in [0.3, 0.4) is 0 Å². The van der Waals surface area contributed by atoms with Gasteiger partial charge in [0.25, 0.3) is 5.56 Å². The molecule has 2 N–H and O–H groups in total. The Morgan fingerprint density at radius 2 is 2.00 bits per heavy atom. The number of anilines is 1. The van der Waals surface area contributed by atoms with Crippen molar-refractivity contribution in [3.05, 3.63) is 87.0 Å². The number of rotatable bonds is 6. The number of hydrogen-bond donors (Lipinski definition) is 2. The maximum Gasteiger partial charge on any atom is 0.285 e. The van der Waals surface area contributed by atoms with Crippen LogP contribution in [0.25, 0.3) is 0 Å². The summed E-state index contributed by atoms with van der Waals surface area (Å²) in [6, 6.07) is 13.6. The minimum absolute atomic E-state index is 0.0194. The van der Waals surface area contributed by atoms with Crippen LogP contribution in [0, 0.1) is 5.82 Å². The number of hydrazone groups is 1. The fourth-order valence-corrected chi connectivity index (χ4v) is 2.20. The topological polar surface area (TPSA) is 79.4 Å². The monoisotopic (exact) mass is 372 g/mol. The summed E-state index contributed by atoms with van der Waals surface area (Å²) in [6.07, 6.45) is 2.92. The zero-order valence-electron chi connectivity index (χ0n) is 13.4. The van der Waals surface area contributed by atoms with Gasteiger partial charge in [-0.1, -0.05) is 29.8 Å². The van der Waals surface area contributed by atoms with Crippen molar-refractivity contribution in [3.8, 4) is 5.75 Å². The highest BCUT2D eigenvalue weighted by Crippen LogP contribution is 2.16. The lowest BCUT2D eigenvalue weighted by Gasteiger charge is -2.07. The van der Waals surface area contributed by atoms with E-state index in [2.05, 4.69) is 20.7 Å². The van der Waals surface area contributed by atoms with Gasteiger partial charge in [0.1, 0.15) is 28.9 Å². The van der Waals surface area contributed by atoms with E-state index in [1.54, 1.807) is 48.7 Å². The van der Waals surface area contributed by atoms with Gasteiger partial charge >= 0.3 is 0 Å². The number of halogens is 2. The van der Waals surface area contributed by atoms with Gasteiger partial charge in [-0.15, -0.1) is 0 Å². The molecule has 132 valence electrons. The van der Waals surface area contributed by atoms with Crippen LogP contribution in [0.2, 0.25) is 5.02 Å². The molecule has 8 heteroatoms. The molecule has 0 atom stereocenters. The molecule has 6 nitrogen and oxygen atoms in total.